The van der Waals surface area contributed by atoms with E-state index in [0.717, 1.165) is 10.6 Å². The van der Waals surface area contributed by atoms with Crippen molar-refractivity contribution < 1.29 is 9.53 Å². The topological polar surface area (TPSA) is 62.1 Å². The molecule has 1 N–H and O–H groups in total. The fourth-order valence-corrected chi connectivity index (χ4v) is 2.61. The molecule has 1 heterocycles. The van der Waals surface area contributed by atoms with Crippen LogP contribution in [0.4, 0.5) is 5.69 Å². The molecule has 0 saturated carbocycles. The van der Waals surface area contributed by atoms with E-state index in [4.69, 9.17) is 10.00 Å². The molecule has 0 fully saturated rings. The third-order valence-corrected chi connectivity index (χ3v) is 3.79. The average Bonchev–Trinajstić information content (AvgIpc) is 3.00. The molecular formula is C16H16N2O2S. The van der Waals surface area contributed by atoms with E-state index in [1.807, 2.05) is 24.4 Å². The molecule has 2 rings (SSSR count). The van der Waals surface area contributed by atoms with Gasteiger partial charge in [-0.25, -0.2) is 0 Å². The molecule has 0 unspecified atom stereocenters. The second-order valence-corrected chi connectivity index (χ2v) is 5.44. The number of nitrogens with zero attached hydrogens (tertiary/aromatic N) is 1. The summed E-state index contributed by atoms with van der Waals surface area (Å²) in [6.45, 7) is 2.51. The van der Waals surface area contributed by atoms with Crippen LogP contribution in [0.3, 0.4) is 0 Å². The largest absolute Gasteiger partial charge is 0.494 e. The monoisotopic (exact) mass is 300 g/mol. The van der Waals surface area contributed by atoms with Crippen molar-refractivity contribution in [2.75, 3.05) is 11.9 Å². The number of hydrogen-bond donors (Lipinski definition) is 1. The lowest BCUT2D eigenvalue weighted by Gasteiger charge is -2.10. The molecule has 0 radical (unpaired) electrons. The first-order valence-electron chi connectivity index (χ1n) is 6.68. The van der Waals surface area contributed by atoms with Gasteiger partial charge in [0.25, 0.3) is 0 Å². The van der Waals surface area contributed by atoms with Crippen LogP contribution in [0.2, 0.25) is 0 Å². The molecule has 1 aromatic carbocycles. The van der Waals surface area contributed by atoms with Gasteiger partial charge in [-0.1, -0.05) is 6.07 Å². The Hall–Kier alpha value is -2.32. The first-order valence-corrected chi connectivity index (χ1v) is 7.56. The van der Waals surface area contributed by atoms with Crippen molar-refractivity contribution in [1.82, 2.24) is 0 Å². The van der Waals surface area contributed by atoms with Crippen molar-refractivity contribution in [1.29, 1.82) is 5.26 Å². The molecule has 108 valence electrons. The van der Waals surface area contributed by atoms with Crippen molar-refractivity contribution >= 4 is 22.9 Å². The molecule has 5 heteroatoms. The molecular weight excluding hydrogens is 284 g/mol. The molecule has 21 heavy (non-hydrogen) atoms. The number of nitrogens with one attached hydrogen (secondary N) is 1. The summed E-state index contributed by atoms with van der Waals surface area (Å²) in [4.78, 5) is 13.2. The molecule has 0 spiro atoms. The zero-order valence-corrected chi connectivity index (χ0v) is 12.5. The van der Waals surface area contributed by atoms with E-state index in [1.165, 1.54) is 0 Å². The van der Waals surface area contributed by atoms with E-state index in [2.05, 4.69) is 11.4 Å². The zero-order valence-electron chi connectivity index (χ0n) is 11.7. The normalized spacial score (nSPS) is 11.4. The number of thiophene rings is 1. The third-order valence-electron chi connectivity index (χ3n) is 2.89. The zero-order chi connectivity index (χ0) is 15.1. The summed E-state index contributed by atoms with van der Waals surface area (Å²) in [5, 5.41) is 13.9. The quantitative estimate of drug-likeness (QED) is 0.888. The first kappa shape index (κ1) is 15.1. The number of ether oxygens (including phenoxy) is 1. The summed E-state index contributed by atoms with van der Waals surface area (Å²) >= 11 is 1.55. The van der Waals surface area contributed by atoms with Gasteiger partial charge in [0.05, 0.1) is 12.7 Å². The van der Waals surface area contributed by atoms with Crippen LogP contribution in [0, 0.1) is 17.2 Å². The summed E-state index contributed by atoms with van der Waals surface area (Å²) in [6.07, 6.45) is 0.441. The Morgan fingerprint density at radius 1 is 1.38 bits per heavy atom. The van der Waals surface area contributed by atoms with E-state index in [0.29, 0.717) is 18.7 Å². The Morgan fingerprint density at radius 3 is 2.71 bits per heavy atom. The van der Waals surface area contributed by atoms with Crippen molar-refractivity contribution in [3.8, 4) is 11.8 Å². The highest BCUT2D eigenvalue weighted by atomic mass is 32.1. The number of anilines is 1. The summed E-state index contributed by atoms with van der Waals surface area (Å²) in [6, 6.07) is 13.0. The van der Waals surface area contributed by atoms with Gasteiger partial charge in [0.2, 0.25) is 5.91 Å². The molecule has 1 aromatic heterocycles. The number of hydrogen-bond acceptors (Lipinski definition) is 4. The van der Waals surface area contributed by atoms with Gasteiger partial charge < -0.3 is 10.1 Å². The first-order chi connectivity index (χ1) is 10.2. The smallest absolute Gasteiger partial charge is 0.242 e. The molecule has 1 atom stereocenters. The summed E-state index contributed by atoms with van der Waals surface area (Å²) in [5.74, 6) is -0.212. The molecule has 2 aromatic rings. The van der Waals surface area contributed by atoms with E-state index >= 15 is 0 Å². The van der Waals surface area contributed by atoms with E-state index in [-0.39, 0.29) is 5.91 Å². The van der Waals surface area contributed by atoms with Gasteiger partial charge in [-0.3, -0.25) is 4.79 Å². The van der Waals surface area contributed by atoms with Gasteiger partial charge in [0.15, 0.2) is 0 Å². The predicted octanol–water partition coefficient (Wildman–Crippen LogP) is 3.47. The Labute approximate surface area is 128 Å². The Balaban J connectivity index is 1.97. The number of nitriles is 1. The molecule has 0 aliphatic rings. The van der Waals surface area contributed by atoms with Gasteiger partial charge in [0, 0.05) is 17.0 Å². The minimum atomic E-state index is -0.685. The standard InChI is InChI=1S/C16H16N2O2S/c1-2-20-14-7-5-13(6-8-14)18-16(19)12(11-17)10-15-4-3-9-21-15/h3-9,12H,2,10H2,1H3,(H,18,19)/t12-/m1/s1. The average molecular weight is 300 g/mol. The van der Waals surface area contributed by atoms with Crippen LogP contribution in [0.15, 0.2) is 41.8 Å². The highest BCUT2D eigenvalue weighted by Gasteiger charge is 2.19. The van der Waals surface area contributed by atoms with Crippen LogP contribution < -0.4 is 10.1 Å². The second kappa shape index (κ2) is 7.46. The van der Waals surface area contributed by atoms with Crippen LogP contribution in [0.25, 0.3) is 0 Å². The van der Waals surface area contributed by atoms with Gasteiger partial charge in [-0.05, 0) is 42.6 Å². The minimum absolute atomic E-state index is 0.282. The van der Waals surface area contributed by atoms with E-state index < -0.39 is 5.92 Å². The maximum Gasteiger partial charge on any atom is 0.242 e. The highest BCUT2D eigenvalue weighted by molar-refractivity contribution is 7.09. The molecule has 0 aliphatic heterocycles. The lowest BCUT2D eigenvalue weighted by atomic mass is 10.1. The fourth-order valence-electron chi connectivity index (χ4n) is 1.86. The maximum absolute atomic E-state index is 12.1. The molecule has 4 nitrogen and oxygen atoms in total. The summed E-state index contributed by atoms with van der Waals surface area (Å²) in [7, 11) is 0. The lowest BCUT2D eigenvalue weighted by molar-refractivity contribution is -0.118. The summed E-state index contributed by atoms with van der Waals surface area (Å²) < 4.78 is 5.34. The molecule has 1 amide bonds. The number of amides is 1. The maximum atomic E-state index is 12.1. The van der Waals surface area contributed by atoms with Crippen molar-refractivity contribution in [3.63, 3.8) is 0 Å². The SMILES string of the molecule is CCOc1ccc(NC(=O)[C@@H](C#N)Cc2cccs2)cc1. The van der Waals surface area contributed by atoms with E-state index in [9.17, 15) is 4.79 Å². The van der Waals surface area contributed by atoms with Gasteiger partial charge in [-0.15, -0.1) is 11.3 Å². The van der Waals surface area contributed by atoms with Crippen LogP contribution >= 0.6 is 11.3 Å². The minimum Gasteiger partial charge on any atom is -0.494 e. The third kappa shape index (κ3) is 4.33. The van der Waals surface area contributed by atoms with Gasteiger partial charge in [0.1, 0.15) is 11.7 Å². The summed E-state index contributed by atoms with van der Waals surface area (Å²) in [5.41, 5.74) is 0.662. The number of benzene rings is 1. The van der Waals surface area contributed by atoms with E-state index in [1.54, 1.807) is 35.6 Å². The lowest BCUT2D eigenvalue weighted by Crippen LogP contribution is -2.23. The number of carbonyl (C=O) groups excluding carboxylic acids is 1. The second-order valence-electron chi connectivity index (χ2n) is 4.41. The van der Waals surface area contributed by atoms with Crippen LogP contribution in [-0.2, 0) is 11.2 Å². The van der Waals surface area contributed by atoms with Crippen molar-refractivity contribution in [3.05, 3.63) is 46.7 Å². The Morgan fingerprint density at radius 2 is 2.14 bits per heavy atom. The Kier molecular flexibility index (Phi) is 5.35. The van der Waals surface area contributed by atoms with Gasteiger partial charge >= 0.3 is 0 Å². The van der Waals surface area contributed by atoms with Crippen molar-refractivity contribution in [2.24, 2.45) is 5.92 Å². The number of rotatable bonds is 6. The van der Waals surface area contributed by atoms with Crippen LogP contribution in [-0.4, -0.2) is 12.5 Å². The predicted molar refractivity (Wildman–Crippen MR) is 83.4 cm³/mol. The molecule has 0 saturated heterocycles. The fraction of sp³-hybridized carbons (Fsp3) is 0.250. The number of carbonyl (C=O) groups is 1. The Bertz CT molecular complexity index is 615. The van der Waals surface area contributed by atoms with Crippen LogP contribution in [0.5, 0.6) is 5.75 Å². The molecule has 0 bridgehead atoms. The van der Waals surface area contributed by atoms with Gasteiger partial charge in [-0.2, -0.15) is 5.26 Å². The van der Waals surface area contributed by atoms with Crippen molar-refractivity contribution in [2.45, 2.75) is 13.3 Å². The molecule has 0 aliphatic carbocycles. The van der Waals surface area contributed by atoms with Crippen LogP contribution in [0.1, 0.15) is 11.8 Å². The highest BCUT2D eigenvalue weighted by Crippen LogP contribution is 2.18.